The van der Waals surface area contributed by atoms with Gasteiger partial charge in [0.2, 0.25) is 5.91 Å². The maximum atomic E-state index is 13.3. The lowest BCUT2D eigenvalue weighted by Crippen LogP contribution is -2.47. The molecule has 1 aliphatic carbocycles. The summed E-state index contributed by atoms with van der Waals surface area (Å²) in [7, 11) is 0. The third-order valence-electron chi connectivity index (χ3n) is 5.97. The van der Waals surface area contributed by atoms with Crippen molar-refractivity contribution in [3.05, 3.63) is 65.7 Å². The van der Waals surface area contributed by atoms with Gasteiger partial charge in [-0.25, -0.2) is 0 Å². The fraction of sp³-hybridized carbons (Fsp3) is 0.391. The molecule has 140 valence electrons. The van der Waals surface area contributed by atoms with Crippen molar-refractivity contribution in [2.24, 2.45) is 5.92 Å². The second-order valence-corrected chi connectivity index (χ2v) is 7.80. The average Bonchev–Trinajstić information content (AvgIpc) is 3.09. The third-order valence-corrected chi connectivity index (χ3v) is 5.97. The normalized spacial score (nSPS) is 24.3. The Labute approximate surface area is 160 Å². The number of anilines is 1. The summed E-state index contributed by atoms with van der Waals surface area (Å²) in [5.74, 6) is 0.340. The van der Waals surface area contributed by atoms with E-state index in [1.165, 1.54) is 6.42 Å². The average molecular weight is 362 g/mol. The lowest BCUT2D eigenvalue weighted by molar-refractivity contribution is -0.120. The number of hydrogen-bond acceptors (Lipinski definition) is 2. The number of nitrogens with one attached hydrogen (secondary N) is 1. The minimum absolute atomic E-state index is 0.0194. The van der Waals surface area contributed by atoms with Crippen LogP contribution in [0.15, 0.2) is 54.6 Å². The summed E-state index contributed by atoms with van der Waals surface area (Å²) in [6, 6.07) is 16.9. The number of carbonyl (C=O) groups excluding carboxylic acids is 2. The van der Waals surface area contributed by atoms with E-state index in [0.29, 0.717) is 11.5 Å². The number of likely N-dealkylation sites (tertiary alicyclic amines) is 1. The first-order valence-electron chi connectivity index (χ1n) is 9.89. The van der Waals surface area contributed by atoms with Gasteiger partial charge in [-0.3, -0.25) is 9.59 Å². The van der Waals surface area contributed by atoms with Crippen molar-refractivity contribution in [2.45, 2.75) is 51.1 Å². The van der Waals surface area contributed by atoms with Gasteiger partial charge in [0.1, 0.15) is 6.04 Å². The van der Waals surface area contributed by atoms with Gasteiger partial charge in [-0.05, 0) is 56.4 Å². The van der Waals surface area contributed by atoms with E-state index in [4.69, 9.17) is 0 Å². The molecule has 1 heterocycles. The molecule has 0 spiro atoms. The van der Waals surface area contributed by atoms with Gasteiger partial charge in [-0.2, -0.15) is 0 Å². The Morgan fingerprint density at radius 1 is 0.963 bits per heavy atom. The number of fused-ring (bicyclic) bond motifs is 1. The molecule has 1 aliphatic heterocycles. The Morgan fingerprint density at radius 3 is 2.41 bits per heavy atom. The predicted molar refractivity (Wildman–Crippen MR) is 107 cm³/mol. The van der Waals surface area contributed by atoms with Crippen LogP contribution in [0.3, 0.4) is 0 Å². The molecule has 27 heavy (non-hydrogen) atoms. The molecule has 2 aliphatic rings. The number of benzene rings is 2. The highest BCUT2D eigenvalue weighted by molar-refractivity contribution is 6.01. The van der Waals surface area contributed by atoms with E-state index in [1.54, 1.807) is 0 Å². The molecule has 4 rings (SSSR count). The number of hydrogen-bond donors (Lipinski definition) is 1. The molecule has 2 aromatic rings. The Kier molecular flexibility index (Phi) is 4.97. The van der Waals surface area contributed by atoms with Gasteiger partial charge in [-0.15, -0.1) is 0 Å². The molecule has 3 atom stereocenters. The molecule has 1 N–H and O–H groups in total. The van der Waals surface area contributed by atoms with Crippen LogP contribution in [0.2, 0.25) is 0 Å². The monoisotopic (exact) mass is 362 g/mol. The third kappa shape index (κ3) is 3.61. The van der Waals surface area contributed by atoms with Crippen molar-refractivity contribution in [3.63, 3.8) is 0 Å². The Hall–Kier alpha value is -2.62. The van der Waals surface area contributed by atoms with E-state index in [-0.39, 0.29) is 17.9 Å². The zero-order valence-electron chi connectivity index (χ0n) is 15.7. The largest absolute Gasteiger partial charge is 0.324 e. The number of amides is 2. The van der Waals surface area contributed by atoms with Crippen molar-refractivity contribution in [1.29, 1.82) is 0 Å². The number of nitrogens with zero attached hydrogens (tertiary/aromatic N) is 1. The Morgan fingerprint density at radius 2 is 1.67 bits per heavy atom. The molecule has 2 amide bonds. The zero-order chi connectivity index (χ0) is 18.8. The van der Waals surface area contributed by atoms with Crippen molar-refractivity contribution < 1.29 is 9.59 Å². The fourth-order valence-corrected chi connectivity index (χ4v) is 4.58. The standard InChI is InChI=1S/C23H26N2O2/c1-16-11-13-19(14-12-16)24-22(26)21-15-18-9-5-6-10-20(18)25(21)23(27)17-7-3-2-4-8-17/h2-4,7-8,11-14,18,20-21H,5-6,9-10,15H2,1H3,(H,24,26). The first-order chi connectivity index (χ1) is 13.1. The van der Waals surface area contributed by atoms with Gasteiger partial charge in [-0.1, -0.05) is 48.7 Å². The smallest absolute Gasteiger partial charge is 0.254 e. The minimum atomic E-state index is -0.396. The van der Waals surface area contributed by atoms with E-state index >= 15 is 0 Å². The van der Waals surface area contributed by atoms with Gasteiger partial charge >= 0.3 is 0 Å². The number of aryl methyl sites for hydroxylation is 1. The van der Waals surface area contributed by atoms with Crippen molar-refractivity contribution in [2.75, 3.05) is 5.32 Å². The van der Waals surface area contributed by atoms with Crippen molar-refractivity contribution in [1.82, 2.24) is 4.90 Å². The van der Waals surface area contributed by atoms with Crippen LogP contribution in [0.4, 0.5) is 5.69 Å². The summed E-state index contributed by atoms with van der Waals surface area (Å²) in [5, 5.41) is 3.02. The van der Waals surface area contributed by atoms with Crippen LogP contribution in [0, 0.1) is 12.8 Å². The molecule has 1 saturated heterocycles. The first-order valence-corrected chi connectivity index (χ1v) is 9.89. The van der Waals surface area contributed by atoms with Crippen LogP contribution in [0.25, 0.3) is 0 Å². The number of rotatable bonds is 3. The lowest BCUT2D eigenvalue weighted by Gasteiger charge is -2.33. The molecule has 0 aromatic heterocycles. The summed E-state index contributed by atoms with van der Waals surface area (Å²) in [5.41, 5.74) is 2.60. The van der Waals surface area contributed by atoms with Crippen LogP contribution in [-0.2, 0) is 4.79 Å². The minimum Gasteiger partial charge on any atom is -0.324 e. The van der Waals surface area contributed by atoms with E-state index in [2.05, 4.69) is 5.32 Å². The summed E-state index contributed by atoms with van der Waals surface area (Å²) >= 11 is 0. The quantitative estimate of drug-likeness (QED) is 0.879. The van der Waals surface area contributed by atoms with E-state index < -0.39 is 6.04 Å². The van der Waals surface area contributed by atoms with Crippen LogP contribution >= 0.6 is 0 Å². The highest BCUT2D eigenvalue weighted by Gasteiger charge is 2.47. The lowest BCUT2D eigenvalue weighted by atomic mass is 9.84. The van der Waals surface area contributed by atoms with Crippen molar-refractivity contribution >= 4 is 17.5 Å². The SMILES string of the molecule is Cc1ccc(NC(=O)C2CC3CCCCC3N2C(=O)c2ccccc2)cc1. The maximum Gasteiger partial charge on any atom is 0.254 e. The molecule has 2 aromatic carbocycles. The van der Waals surface area contributed by atoms with Crippen LogP contribution in [0.1, 0.15) is 48.0 Å². The summed E-state index contributed by atoms with van der Waals surface area (Å²) < 4.78 is 0. The van der Waals surface area contributed by atoms with Crippen LogP contribution in [0.5, 0.6) is 0 Å². The van der Waals surface area contributed by atoms with Gasteiger partial charge in [0, 0.05) is 17.3 Å². The maximum absolute atomic E-state index is 13.3. The molecule has 1 saturated carbocycles. The molecule has 4 heteroatoms. The van der Waals surface area contributed by atoms with E-state index in [0.717, 1.165) is 36.9 Å². The highest BCUT2D eigenvalue weighted by atomic mass is 16.2. The van der Waals surface area contributed by atoms with E-state index in [9.17, 15) is 9.59 Å². The molecule has 0 bridgehead atoms. The molecule has 0 radical (unpaired) electrons. The Bertz CT molecular complexity index is 816. The summed E-state index contributed by atoms with van der Waals surface area (Å²) in [6.45, 7) is 2.02. The van der Waals surface area contributed by atoms with Crippen LogP contribution in [-0.4, -0.2) is 28.8 Å². The predicted octanol–water partition coefficient (Wildman–Crippen LogP) is 4.41. The summed E-state index contributed by atoms with van der Waals surface area (Å²) in [4.78, 5) is 28.2. The fourth-order valence-electron chi connectivity index (χ4n) is 4.58. The molecular weight excluding hydrogens is 336 g/mol. The van der Waals surface area contributed by atoms with Gasteiger partial charge in [0.05, 0.1) is 0 Å². The highest BCUT2D eigenvalue weighted by Crippen LogP contribution is 2.40. The van der Waals surface area contributed by atoms with Crippen LogP contribution < -0.4 is 5.32 Å². The Balaban J connectivity index is 1.59. The van der Waals surface area contributed by atoms with Crippen molar-refractivity contribution in [3.8, 4) is 0 Å². The van der Waals surface area contributed by atoms with Gasteiger partial charge < -0.3 is 10.2 Å². The second kappa shape index (κ2) is 7.55. The van der Waals surface area contributed by atoms with Gasteiger partial charge in [0.15, 0.2) is 0 Å². The zero-order valence-corrected chi connectivity index (χ0v) is 15.7. The first kappa shape index (κ1) is 17.8. The topological polar surface area (TPSA) is 49.4 Å². The molecule has 4 nitrogen and oxygen atoms in total. The molecular formula is C23H26N2O2. The van der Waals surface area contributed by atoms with E-state index in [1.807, 2.05) is 66.4 Å². The molecule has 2 fully saturated rings. The molecule has 3 unspecified atom stereocenters. The van der Waals surface area contributed by atoms with Gasteiger partial charge in [0.25, 0.3) is 5.91 Å². The number of carbonyl (C=O) groups is 2. The second-order valence-electron chi connectivity index (χ2n) is 7.80. The summed E-state index contributed by atoms with van der Waals surface area (Å²) in [6.07, 6.45) is 5.20.